The molecule has 27 heavy (non-hydrogen) atoms. The maximum absolute atomic E-state index is 11.9. The first-order chi connectivity index (χ1) is 13.0. The molecule has 0 unspecified atom stereocenters. The molecule has 1 atom stereocenters. The number of para-hydroxylation sites is 1. The number of esters is 1. The van der Waals surface area contributed by atoms with Crippen LogP contribution < -0.4 is 14.8 Å². The highest BCUT2D eigenvalue weighted by Gasteiger charge is 2.17. The van der Waals surface area contributed by atoms with E-state index in [0.717, 1.165) is 11.3 Å². The summed E-state index contributed by atoms with van der Waals surface area (Å²) in [6.45, 7) is 1.60. The molecular formula is C20H22ClNO5. The van der Waals surface area contributed by atoms with E-state index in [1.54, 1.807) is 38.3 Å². The van der Waals surface area contributed by atoms with Crippen molar-refractivity contribution in [2.45, 2.75) is 19.4 Å². The number of carbonyl (C=O) groups excluding carboxylic acids is 2. The quantitative estimate of drug-likeness (QED) is 0.665. The molecule has 0 aliphatic heterocycles. The van der Waals surface area contributed by atoms with Gasteiger partial charge in [-0.3, -0.25) is 4.79 Å². The van der Waals surface area contributed by atoms with Crippen LogP contribution in [-0.4, -0.2) is 38.2 Å². The third-order valence-electron chi connectivity index (χ3n) is 3.71. The summed E-state index contributed by atoms with van der Waals surface area (Å²) in [5.41, 5.74) is 0.988. The molecule has 0 saturated carbocycles. The molecule has 0 radical (unpaired) electrons. The lowest BCUT2D eigenvalue weighted by atomic mass is 10.1. The van der Waals surface area contributed by atoms with Crippen LogP contribution in [-0.2, 0) is 20.7 Å². The van der Waals surface area contributed by atoms with Gasteiger partial charge in [-0.05, 0) is 49.2 Å². The SMILES string of the molecule is COc1ccccc1CCNC(=O)COC(=O)[C@H](C)Oc1ccc(Cl)cc1. The van der Waals surface area contributed by atoms with Gasteiger partial charge in [0.05, 0.1) is 7.11 Å². The Morgan fingerprint density at radius 1 is 1.11 bits per heavy atom. The average Bonchev–Trinajstić information content (AvgIpc) is 2.68. The predicted molar refractivity (Wildman–Crippen MR) is 102 cm³/mol. The Morgan fingerprint density at radius 2 is 1.81 bits per heavy atom. The summed E-state index contributed by atoms with van der Waals surface area (Å²) in [7, 11) is 1.60. The summed E-state index contributed by atoms with van der Waals surface area (Å²) in [5.74, 6) is 0.262. The monoisotopic (exact) mass is 391 g/mol. The molecule has 0 bridgehead atoms. The second kappa shape index (κ2) is 10.4. The maximum atomic E-state index is 11.9. The van der Waals surface area contributed by atoms with Crippen LogP contribution in [0.25, 0.3) is 0 Å². The molecule has 0 aliphatic rings. The minimum absolute atomic E-state index is 0.362. The lowest BCUT2D eigenvalue weighted by Gasteiger charge is -2.14. The molecule has 1 N–H and O–H groups in total. The molecule has 7 heteroatoms. The van der Waals surface area contributed by atoms with Crippen molar-refractivity contribution >= 4 is 23.5 Å². The molecule has 2 aromatic carbocycles. The first-order valence-corrected chi connectivity index (χ1v) is 8.85. The van der Waals surface area contributed by atoms with Crippen molar-refractivity contribution in [3.63, 3.8) is 0 Å². The van der Waals surface area contributed by atoms with E-state index in [9.17, 15) is 9.59 Å². The summed E-state index contributed by atoms with van der Waals surface area (Å²) in [4.78, 5) is 23.8. The summed E-state index contributed by atoms with van der Waals surface area (Å²) in [5, 5.41) is 3.28. The number of ether oxygens (including phenoxy) is 3. The number of hydrogen-bond donors (Lipinski definition) is 1. The molecule has 2 aromatic rings. The van der Waals surface area contributed by atoms with Gasteiger partial charge >= 0.3 is 5.97 Å². The number of benzene rings is 2. The number of rotatable bonds is 9. The van der Waals surface area contributed by atoms with Crippen LogP contribution in [0.3, 0.4) is 0 Å². The molecule has 144 valence electrons. The number of amides is 1. The number of nitrogens with one attached hydrogen (secondary N) is 1. The summed E-state index contributed by atoms with van der Waals surface area (Å²) < 4.78 is 15.7. The van der Waals surface area contributed by atoms with Gasteiger partial charge in [-0.2, -0.15) is 0 Å². The second-order valence-electron chi connectivity index (χ2n) is 5.73. The third kappa shape index (κ3) is 6.83. The van der Waals surface area contributed by atoms with E-state index in [4.69, 9.17) is 25.8 Å². The zero-order valence-corrected chi connectivity index (χ0v) is 16.0. The molecule has 6 nitrogen and oxygen atoms in total. The van der Waals surface area contributed by atoms with E-state index in [1.165, 1.54) is 0 Å². The molecule has 0 heterocycles. The van der Waals surface area contributed by atoms with Gasteiger partial charge in [0.15, 0.2) is 12.7 Å². The topological polar surface area (TPSA) is 73.9 Å². The van der Waals surface area contributed by atoms with E-state index in [0.29, 0.717) is 23.7 Å². The van der Waals surface area contributed by atoms with E-state index in [2.05, 4.69) is 5.32 Å². The van der Waals surface area contributed by atoms with Crippen molar-refractivity contribution in [1.82, 2.24) is 5.32 Å². The van der Waals surface area contributed by atoms with Gasteiger partial charge < -0.3 is 19.5 Å². The molecule has 0 saturated heterocycles. The van der Waals surface area contributed by atoms with Gasteiger partial charge in [0.25, 0.3) is 5.91 Å². The summed E-state index contributed by atoms with van der Waals surface area (Å²) in [6.07, 6.45) is -0.229. The van der Waals surface area contributed by atoms with Crippen LogP contribution >= 0.6 is 11.6 Å². The Bertz CT molecular complexity index is 763. The highest BCUT2D eigenvalue weighted by Crippen LogP contribution is 2.18. The fourth-order valence-corrected chi connectivity index (χ4v) is 2.44. The van der Waals surface area contributed by atoms with E-state index in [1.807, 2.05) is 24.3 Å². The normalized spacial score (nSPS) is 11.4. The Morgan fingerprint density at radius 3 is 2.52 bits per heavy atom. The molecule has 0 aromatic heterocycles. The van der Waals surface area contributed by atoms with Crippen LogP contribution in [0.4, 0.5) is 0 Å². The van der Waals surface area contributed by atoms with Crippen LogP contribution in [0.5, 0.6) is 11.5 Å². The largest absolute Gasteiger partial charge is 0.496 e. The third-order valence-corrected chi connectivity index (χ3v) is 3.96. The lowest BCUT2D eigenvalue weighted by molar-refractivity contribution is -0.154. The van der Waals surface area contributed by atoms with Crippen molar-refractivity contribution in [2.75, 3.05) is 20.3 Å². The molecular weight excluding hydrogens is 370 g/mol. The molecule has 0 aliphatic carbocycles. The van der Waals surface area contributed by atoms with Gasteiger partial charge in [0, 0.05) is 11.6 Å². The van der Waals surface area contributed by atoms with Gasteiger partial charge in [-0.15, -0.1) is 0 Å². The summed E-state index contributed by atoms with van der Waals surface area (Å²) in [6, 6.07) is 14.2. The predicted octanol–water partition coefficient (Wildman–Crippen LogP) is 3.02. The van der Waals surface area contributed by atoms with Crippen LogP contribution in [0, 0.1) is 0 Å². The van der Waals surface area contributed by atoms with Crippen molar-refractivity contribution in [2.24, 2.45) is 0 Å². The van der Waals surface area contributed by atoms with Crippen LogP contribution in [0.1, 0.15) is 12.5 Å². The number of methoxy groups -OCH3 is 1. The zero-order chi connectivity index (χ0) is 19.6. The Kier molecular flexibility index (Phi) is 7.95. The first kappa shape index (κ1) is 20.6. The Balaban J connectivity index is 1.69. The van der Waals surface area contributed by atoms with Crippen molar-refractivity contribution in [3.8, 4) is 11.5 Å². The molecule has 2 rings (SSSR count). The van der Waals surface area contributed by atoms with Crippen molar-refractivity contribution in [1.29, 1.82) is 0 Å². The second-order valence-corrected chi connectivity index (χ2v) is 6.17. The minimum Gasteiger partial charge on any atom is -0.496 e. The van der Waals surface area contributed by atoms with Gasteiger partial charge in [-0.25, -0.2) is 4.79 Å². The van der Waals surface area contributed by atoms with Gasteiger partial charge in [-0.1, -0.05) is 29.8 Å². The first-order valence-electron chi connectivity index (χ1n) is 8.47. The van der Waals surface area contributed by atoms with Crippen LogP contribution in [0.2, 0.25) is 5.02 Å². The number of carbonyl (C=O) groups is 2. The molecule has 0 fully saturated rings. The fourth-order valence-electron chi connectivity index (χ4n) is 2.32. The number of halogens is 1. The Labute approximate surface area is 163 Å². The standard InChI is InChI=1S/C20H22ClNO5/c1-14(27-17-9-7-16(21)8-10-17)20(24)26-13-19(23)22-12-11-15-5-3-4-6-18(15)25-2/h3-10,14H,11-13H2,1-2H3,(H,22,23)/t14-/m0/s1. The highest BCUT2D eigenvalue weighted by molar-refractivity contribution is 6.30. The fraction of sp³-hybridized carbons (Fsp3) is 0.300. The van der Waals surface area contributed by atoms with E-state index >= 15 is 0 Å². The highest BCUT2D eigenvalue weighted by atomic mass is 35.5. The maximum Gasteiger partial charge on any atom is 0.347 e. The smallest absolute Gasteiger partial charge is 0.347 e. The Hall–Kier alpha value is -2.73. The molecule has 0 spiro atoms. The van der Waals surface area contributed by atoms with E-state index in [-0.39, 0.29) is 12.5 Å². The lowest BCUT2D eigenvalue weighted by Crippen LogP contribution is -2.33. The number of hydrogen-bond acceptors (Lipinski definition) is 5. The minimum atomic E-state index is -0.840. The summed E-state index contributed by atoms with van der Waals surface area (Å²) >= 11 is 5.79. The van der Waals surface area contributed by atoms with Gasteiger partial charge in [0.2, 0.25) is 0 Å². The van der Waals surface area contributed by atoms with E-state index < -0.39 is 12.1 Å². The van der Waals surface area contributed by atoms with Crippen molar-refractivity contribution < 1.29 is 23.8 Å². The zero-order valence-electron chi connectivity index (χ0n) is 15.2. The average molecular weight is 392 g/mol. The molecule has 1 amide bonds. The van der Waals surface area contributed by atoms with Gasteiger partial charge in [0.1, 0.15) is 11.5 Å². The van der Waals surface area contributed by atoms with Crippen LogP contribution in [0.15, 0.2) is 48.5 Å². The van der Waals surface area contributed by atoms with Crippen molar-refractivity contribution in [3.05, 3.63) is 59.1 Å².